The number of carbonyl (C=O) groups excluding carboxylic acids is 2. The largest absolute Gasteiger partial charge is 0.496 e. The van der Waals surface area contributed by atoms with Gasteiger partial charge in [0, 0.05) is 25.3 Å². The van der Waals surface area contributed by atoms with Gasteiger partial charge in [-0.2, -0.15) is 4.31 Å². The molecule has 2 heterocycles. The fourth-order valence-corrected chi connectivity index (χ4v) is 7.19. The first kappa shape index (κ1) is 28.6. The number of hydrogen-bond donors (Lipinski definition) is 1. The molecule has 1 N–H and O–H groups in total. The highest BCUT2D eigenvalue weighted by Gasteiger charge is 2.55. The van der Waals surface area contributed by atoms with Crippen molar-refractivity contribution in [2.75, 3.05) is 44.9 Å². The van der Waals surface area contributed by atoms with E-state index < -0.39 is 15.6 Å². The second-order valence-corrected chi connectivity index (χ2v) is 12.5. The van der Waals surface area contributed by atoms with Gasteiger partial charge in [0.2, 0.25) is 21.8 Å². The molecule has 2 amide bonds. The lowest BCUT2D eigenvalue weighted by atomic mass is 9.86. The predicted octanol–water partition coefficient (Wildman–Crippen LogP) is 3.19. The van der Waals surface area contributed by atoms with E-state index in [-0.39, 0.29) is 43.0 Å². The third-order valence-electron chi connectivity index (χ3n) is 8.03. The maximum atomic E-state index is 14.0. The number of amides is 2. The number of aryl methyl sites for hydroxylation is 1. The summed E-state index contributed by atoms with van der Waals surface area (Å²) >= 11 is 0. The molecule has 216 valence electrons. The van der Waals surface area contributed by atoms with Crippen molar-refractivity contribution < 1.29 is 22.7 Å². The van der Waals surface area contributed by atoms with Crippen LogP contribution in [0, 0.1) is 6.92 Å². The lowest BCUT2D eigenvalue weighted by Crippen LogP contribution is -2.57. The summed E-state index contributed by atoms with van der Waals surface area (Å²) in [7, 11) is -2.06. The van der Waals surface area contributed by atoms with Gasteiger partial charge >= 0.3 is 0 Å². The molecule has 2 aliphatic rings. The van der Waals surface area contributed by atoms with Crippen LogP contribution in [0.2, 0.25) is 0 Å². The van der Waals surface area contributed by atoms with E-state index in [0.717, 1.165) is 22.6 Å². The smallest absolute Gasteiger partial charge is 0.250 e. The zero-order valence-corrected chi connectivity index (χ0v) is 24.3. The number of rotatable bonds is 9. The van der Waals surface area contributed by atoms with E-state index in [9.17, 15) is 18.0 Å². The molecule has 2 saturated heterocycles. The van der Waals surface area contributed by atoms with Crippen molar-refractivity contribution in [2.24, 2.45) is 0 Å². The highest BCUT2D eigenvalue weighted by molar-refractivity contribution is 7.89. The number of methoxy groups -OCH3 is 1. The summed E-state index contributed by atoms with van der Waals surface area (Å²) in [6, 6.07) is 24.1. The summed E-state index contributed by atoms with van der Waals surface area (Å²) in [4.78, 5) is 30.8. The number of anilines is 1. The Hall–Kier alpha value is -3.89. The molecule has 0 saturated carbocycles. The van der Waals surface area contributed by atoms with Crippen molar-refractivity contribution in [3.05, 3.63) is 90.0 Å². The SMILES string of the molecule is COc1ccccc1CCNC(=O)CN1CN(c2ccccc2)C2(CCN(S(=O)(=O)c3ccc(C)cc3)CC2)C1=O. The van der Waals surface area contributed by atoms with Crippen LogP contribution in [0.3, 0.4) is 0 Å². The zero-order chi connectivity index (χ0) is 29.0. The van der Waals surface area contributed by atoms with E-state index in [1.54, 1.807) is 36.3 Å². The summed E-state index contributed by atoms with van der Waals surface area (Å²) in [5, 5.41) is 2.93. The number of carbonyl (C=O) groups is 2. The van der Waals surface area contributed by atoms with Gasteiger partial charge in [0.1, 0.15) is 17.8 Å². The molecule has 10 heteroatoms. The number of nitrogens with zero attached hydrogens (tertiary/aromatic N) is 3. The van der Waals surface area contributed by atoms with Gasteiger partial charge in [0.05, 0.1) is 18.7 Å². The summed E-state index contributed by atoms with van der Waals surface area (Å²) in [5.74, 6) is 0.388. The number of ether oxygens (including phenoxy) is 1. The van der Waals surface area contributed by atoms with Crippen LogP contribution in [-0.2, 0) is 26.0 Å². The summed E-state index contributed by atoms with van der Waals surface area (Å²) in [6.45, 7) is 2.95. The Morgan fingerprint density at radius 1 is 0.951 bits per heavy atom. The maximum absolute atomic E-state index is 14.0. The van der Waals surface area contributed by atoms with E-state index in [0.29, 0.717) is 25.8 Å². The lowest BCUT2D eigenvalue weighted by molar-refractivity contribution is -0.137. The number of para-hydroxylation sites is 2. The van der Waals surface area contributed by atoms with Crippen LogP contribution in [0.1, 0.15) is 24.0 Å². The van der Waals surface area contributed by atoms with Crippen molar-refractivity contribution in [1.82, 2.24) is 14.5 Å². The van der Waals surface area contributed by atoms with E-state index in [2.05, 4.69) is 5.32 Å². The Bertz CT molecular complexity index is 1490. The maximum Gasteiger partial charge on any atom is 0.250 e. The van der Waals surface area contributed by atoms with Gasteiger partial charge in [-0.25, -0.2) is 8.42 Å². The Balaban J connectivity index is 1.28. The molecule has 0 atom stereocenters. The quantitative estimate of drug-likeness (QED) is 0.420. The van der Waals surface area contributed by atoms with E-state index in [4.69, 9.17) is 4.74 Å². The minimum absolute atomic E-state index is 0.0682. The molecule has 41 heavy (non-hydrogen) atoms. The van der Waals surface area contributed by atoms with Gasteiger partial charge in [-0.05, 0) is 62.1 Å². The van der Waals surface area contributed by atoms with Crippen molar-refractivity contribution >= 4 is 27.5 Å². The first-order valence-corrected chi connectivity index (χ1v) is 15.3. The number of sulfonamides is 1. The molecule has 2 aliphatic heterocycles. The minimum atomic E-state index is -3.68. The van der Waals surface area contributed by atoms with Crippen LogP contribution >= 0.6 is 0 Å². The molecule has 1 spiro atoms. The molecular formula is C31H36N4O5S. The minimum Gasteiger partial charge on any atom is -0.496 e. The topological polar surface area (TPSA) is 99.3 Å². The fourth-order valence-electron chi connectivity index (χ4n) is 5.75. The molecule has 2 fully saturated rings. The molecular weight excluding hydrogens is 540 g/mol. The van der Waals surface area contributed by atoms with E-state index >= 15 is 0 Å². The van der Waals surface area contributed by atoms with E-state index in [1.807, 2.05) is 66.4 Å². The molecule has 9 nitrogen and oxygen atoms in total. The first-order valence-electron chi connectivity index (χ1n) is 13.8. The average Bonchev–Trinajstić information content (AvgIpc) is 3.24. The van der Waals surface area contributed by atoms with Crippen LogP contribution < -0.4 is 15.0 Å². The average molecular weight is 577 g/mol. The Morgan fingerprint density at radius 2 is 1.61 bits per heavy atom. The number of nitrogens with one attached hydrogen (secondary N) is 1. The van der Waals surface area contributed by atoms with Gasteiger partial charge in [-0.1, -0.05) is 54.1 Å². The standard InChI is InChI=1S/C31H36N4O5S/c1-24-12-14-27(15-13-24)41(38,39)34-20-17-31(18-21-34)30(37)33(23-35(31)26-9-4-3-5-10-26)22-29(36)32-19-16-25-8-6-7-11-28(25)40-2/h3-15H,16-23H2,1-2H3,(H,32,36). The van der Waals surface area contributed by atoms with Crippen LogP contribution in [0.15, 0.2) is 83.8 Å². The Labute approximate surface area is 241 Å². The summed E-state index contributed by atoms with van der Waals surface area (Å²) in [5.41, 5.74) is 1.93. The third-order valence-corrected chi connectivity index (χ3v) is 9.95. The molecule has 0 bridgehead atoms. The van der Waals surface area contributed by atoms with Crippen LogP contribution in [0.4, 0.5) is 5.69 Å². The second kappa shape index (κ2) is 11.9. The highest BCUT2D eigenvalue weighted by Crippen LogP contribution is 2.40. The van der Waals surface area contributed by atoms with Gasteiger partial charge in [-0.15, -0.1) is 0 Å². The first-order chi connectivity index (χ1) is 19.7. The number of piperidine rings is 1. The van der Waals surface area contributed by atoms with Crippen LogP contribution in [-0.4, -0.2) is 74.9 Å². The summed E-state index contributed by atoms with van der Waals surface area (Å²) < 4.78 is 33.5. The van der Waals surface area contributed by atoms with Gasteiger partial charge in [0.15, 0.2) is 0 Å². The van der Waals surface area contributed by atoms with Crippen molar-refractivity contribution in [3.8, 4) is 5.75 Å². The highest BCUT2D eigenvalue weighted by atomic mass is 32.2. The third kappa shape index (κ3) is 5.80. The second-order valence-electron chi connectivity index (χ2n) is 10.6. The Morgan fingerprint density at radius 3 is 2.29 bits per heavy atom. The monoisotopic (exact) mass is 576 g/mol. The van der Waals surface area contributed by atoms with Crippen molar-refractivity contribution in [2.45, 2.75) is 36.6 Å². The number of hydrogen-bond acceptors (Lipinski definition) is 6. The van der Waals surface area contributed by atoms with Crippen molar-refractivity contribution in [3.63, 3.8) is 0 Å². The zero-order valence-electron chi connectivity index (χ0n) is 23.5. The number of benzene rings is 3. The van der Waals surface area contributed by atoms with Crippen LogP contribution in [0.5, 0.6) is 5.75 Å². The molecule has 0 aliphatic carbocycles. The molecule has 5 rings (SSSR count). The van der Waals surface area contributed by atoms with Crippen LogP contribution in [0.25, 0.3) is 0 Å². The predicted molar refractivity (Wildman–Crippen MR) is 157 cm³/mol. The molecule has 3 aromatic rings. The van der Waals surface area contributed by atoms with E-state index in [1.165, 1.54) is 4.31 Å². The fraction of sp³-hybridized carbons (Fsp3) is 0.355. The van der Waals surface area contributed by atoms with Gasteiger partial charge in [0.25, 0.3) is 0 Å². The Kier molecular flexibility index (Phi) is 8.32. The normalized spacial score (nSPS) is 17.2. The molecule has 0 radical (unpaired) electrons. The summed E-state index contributed by atoms with van der Waals surface area (Å²) in [6.07, 6.45) is 1.27. The molecule has 0 unspecified atom stereocenters. The van der Waals surface area contributed by atoms with Crippen molar-refractivity contribution in [1.29, 1.82) is 0 Å². The van der Waals surface area contributed by atoms with Gasteiger partial charge in [-0.3, -0.25) is 9.59 Å². The molecule has 0 aromatic heterocycles. The molecule has 3 aromatic carbocycles. The lowest BCUT2D eigenvalue weighted by Gasteiger charge is -2.42. The van der Waals surface area contributed by atoms with Gasteiger partial charge < -0.3 is 19.9 Å².